The largest absolute Gasteiger partial charge is 0.508 e. The molecule has 0 fully saturated rings. The Morgan fingerprint density at radius 3 is 2.22 bits per heavy atom. The van der Waals surface area contributed by atoms with Gasteiger partial charge in [-0.25, -0.2) is 4.98 Å². The highest BCUT2D eigenvalue weighted by atomic mass is 16.3. The summed E-state index contributed by atoms with van der Waals surface area (Å²) in [5.74, 6) is 1.09. The summed E-state index contributed by atoms with van der Waals surface area (Å²) in [6, 6.07) is 15.9. The molecule has 0 amide bonds. The number of hydrogen-bond donors (Lipinski definition) is 1. The zero-order valence-electron chi connectivity index (χ0n) is 17.2. The Balaban J connectivity index is 2.10. The molecule has 0 saturated heterocycles. The van der Waals surface area contributed by atoms with Crippen LogP contribution in [0.1, 0.15) is 32.0 Å². The fourth-order valence-electron chi connectivity index (χ4n) is 3.16. The summed E-state index contributed by atoms with van der Waals surface area (Å²) in [4.78, 5) is 4.89. The Morgan fingerprint density at radius 1 is 1.00 bits per heavy atom. The highest BCUT2D eigenvalue weighted by Gasteiger charge is 2.18. The summed E-state index contributed by atoms with van der Waals surface area (Å²) in [6.45, 7) is 7.49. The zero-order chi connectivity index (χ0) is 19.8. The lowest BCUT2D eigenvalue weighted by Crippen LogP contribution is -2.33. The molecule has 0 radical (unpaired) electrons. The van der Waals surface area contributed by atoms with Crippen molar-refractivity contribution in [3.63, 3.8) is 0 Å². The Kier molecular flexibility index (Phi) is 4.87. The first-order valence-corrected chi connectivity index (χ1v) is 9.32. The van der Waals surface area contributed by atoms with Crippen LogP contribution in [-0.2, 0) is 12.0 Å². The van der Waals surface area contributed by atoms with E-state index in [0.29, 0.717) is 0 Å². The molecule has 4 nitrogen and oxygen atoms in total. The van der Waals surface area contributed by atoms with Gasteiger partial charge < -0.3 is 9.59 Å². The van der Waals surface area contributed by atoms with E-state index in [4.69, 9.17) is 4.98 Å². The van der Waals surface area contributed by atoms with Gasteiger partial charge in [0.25, 0.3) is 0 Å². The molecule has 0 aliphatic carbocycles. The first-order chi connectivity index (χ1) is 12.5. The third-order valence-corrected chi connectivity index (χ3v) is 4.51. The number of benzene rings is 2. The molecule has 1 heterocycles. The second kappa shape index (κ2) is 6.86. The number of phenolic OH excluding ortho intramolecular Hbond substituents is 1. The van der Waals surface area contributed by atoms with Crippen LogP contribution >= 0.6 is 0 Å². The van der Waals surface area contributed by atoms with Crippen molar-refractivity contribution in [3.05, 3.63) is 66.0 Å². The van der Waals surface area contributed by atoms with Gasteiger partial charge >= 0.3 is 0 Å². The molecule has 142 valence electrons. The van der Waals surface area contributed by atoms with Gasteiger partial charge in [-0.3, -0.25) is 4.57 Å². The van der Waals surface area contributed by atoms with E-state index in [-0.39, 0.29) is 11.2 Å². The molecular formula is C23H30N3O+. The summed E-state index contributed by atoms with van der Waals surface area (Å²) < 4.78 is 2.92. The van der Waals surface area contributed by atoms with Crippen molar-refractivity contribution in [2.24, 2.45) is 0 Å². The Bertz CT molecular complexity index is 925. The summed E-state index contributed by atoms with van der Waals surface area (Å²) in [5, 5.41) is 9.91. The van der Waals surface area contributed by atoms with Gasteiger partial charge in [0.1, 0.15) is 23.8 Å². The summed E-state index contributed by atoms with van der Waals surface area (Å²) >= 11 is 0. The molecule has 0 spiro atoms. The average molecular weight is 365 g/mol. The van der Waals surface area contributed by atoms with Crippen LogP contribution in [-0.4, -0.2) is 40.3 Å². The van der Waals surface area contributed by atoms with E-state index in [1.165, 1.54) is 5.56 Å². The van der Waals surface area contributed by atoms with Crippen molar-refractivity contribution < 1.29 is 9.59 Å². The highest BCUT2D eigenvalue weighted by molar-refractivity contribution is 5.61. The standard InChI is InChI=1S/C23H29N3O/c1-23(2,3)18-10-12-20(13-11-18)25-15-19(16-26(4,5)6)24-22(25)17-8-7-9-21(27)14-17/h7-15H,16H2,1-6H3/p+1. The number of phenols is 1. The number of rotatable bonds is 4. The second-order valence-corrected chi connectivity index (χ2v) is 9.22. The molecule has 1 N–H and O–H groups in total. The molecule has 0 unspecified atom stereocenters. The molecule has 3 aromatic rings. The third-order valence-electron chi connectivity index (χ3n) is 4.51. The quantitative estimate of drug-likeness (QED) is 0.679. The lowest BCUT2D eigenvalue weighted by atomic mass is 9.87. The number of aromatic nitrogens is 2. The molecule has 1 aromatic heterocycles. The average Bonchev–Trinajstić information content (AvgIpc) is 2.96. The molecule has 4 heteroatoms. The Labute approximate surface area is 162 Å². The van der Waals surface area contributed by atoms with Gasteiger partial charge in [-0.15, -0.1) is 0 Å². The van der Waals surface area contributed by atoms with E-state index in [1.54, 1.807) is 12.1 Å². The van der Waals surface area contributed by atoms with Gasteiger partial charge in [0, 0.05) is 17.4 Å². The first-order valence-electron chi connectivity index (χ1n) is 9.32. The van der Waals surface area contributed by atoms with Gasteiger partial charge in [0.2, 0.25) is 0 Å². The van der Waals surface area contributed by atoms with Crippen LogP contribution in [0.4, 0.5) is 0 Å². The number of hydrogen-bond acceptors (Lipinski definition) is 2. The van der Waals surface area contributed by atoms with E-state index < -0.39 is 0 Å². The van der Waals surface area contributed by atoms with Crippen molar-refractivity contribution in [1.82, 2.24) is 9.55 Å². The van der Waals surface area contributed by atoms with Crippen molar-refractivity contribution in [3.8, 4) is 22.8 Å². The lowest BCUT2D eigenvalue weighted by molar-refractivity contribution is -0.884. The van der Waals surface area contributed by atoms with Crippen molar-refractivity contribution in [2.75, 3.05) is 21.1 Å². The predicted molar refractivity (Wildman–Crippen MR) is 111 cm³/mol. The second-order valence-electron chi connectivity index (χ2n) is 9.22. The fourth-order valence-corrected chi connectivity index (χ4v) is 3.16. The first kappa shape index (κ1) is 19.2. The van der Waals surface area contributed by atoms with Gasteiger partial charge in [-0.05, 0) is 35.2 Å². The van der Waals surface area contributed by atoms with E-state index >= 15 is 0 Å². The summed E-state index contributed by atoms with van der Waals surface area (Å²) in [7, 11) is 6.47. The molecule has 27 heavy (non-hydrogen) atoms. The predicted octanol–water partition coefficient (Wildman–Crippen LogP) is 4.75. The van der Waals surface area contributed by atoms with Crippen molar-refractivity contribution >= 4 is 0 Å². The number of quaternary nitrogens is 1. The number of aromatic hydroxyl groups is 1. The smallest absolute Gasteiger partial charge is 0.145 e. The zero-order valence-corrected chi connectivity index (χ0v) is 17.2. The maximum atomic E-state index is 9.91. The number of imidazole rings is 1. The van der Waals surface area contributed by atoms with Gasteiger partial charge in [0.15, 0.2) is 0 Å². The molecule has 0 aliphatic rings. The van der Waals surface area contributed by atoms with Gasteiger partial charge in [-0.1, -0.05) is 45.0 Å². The van der Waals surface area contributed by atoms with Crippen LogP contribution in [0.2, 0.25) is 0 Å². The van der Waals surface area contributed by atoms with Crippen molar-refractivity contribution in [2.45, 2.75) is 32.7 Å². The Morgan fingerprint density at radius 2 is 1.67 bits per heavy atom. The minimum Gasteiger partial charge on any atom is -0.508 e. The highest BCUT2D eigenvalue weighted by Crippen LogP contribution is 2.28. The minimum absolute atomic E-state index is 0.121. The van der Waals surface area contributed by atoms with E-state index in [9.17, 15) is 5.11 Å². The molecular weight excluding hydrogens is 334 g/mol. The van der Waals surface area contributed by atoms with E-state index in [1.807, 2.05) is 12.1 Å². The topological polar surface area (TPSA) is 38.0 Å². The van der Waals surface area contributed by atoms with Crippen LogP contribution in [0, 0.1) is 0 Å². The monoisotopic (exact) mass is 364 g/mol. The van der Waals surface area contributed by atoms with Gasteiger partial charge in [-0.2, -0.15) is 0 Å². The molecule has 3 rings (SSSR count). The van der Waals surface area contributed by atoms with Gasteiger partial charge in [0.05, 0.1) is 21.1 Å². The van der Waals surface area contributed by atoms with Crippen molar-refractivity contribution in [1.29, 1.82) is 0 Å². The lowest BCUT2D eigenvalue weighted by Gasteiger charge is -2.22. The van der Waals surface area contributed by atoms with Crippen LogP contribution in [0.25, 0.3) is 17.1 Å². The maximum Gasteiger partial charge on any atom is 0.145 e. The molecule has 0 bridgehead atoms. The van der Waals surface area contributed by atoms with Crippen LogP contribution in [0.5, 0.6) is 5.75 Å². The van der Waals surface area contributed by atoms with Crippen LogP contribution in [0.3, 0.4) is 0 Å². The van der Waals surface area contributed by atoms with Crippen LogP contribution < -0.4 is 0 Å². The Hall–Kier alpha value is -2.59. The third kappa shape index (κ3) is 4.58. The molecule has 2 aromatic carbocycles. The number of nitrogens with zero attached hydrogens (tertiary/aromatic N) is 3. The normalized spacial score (nSPS) is 12.4. The maximum absolute atomic E-state index is 9.91. The summed E-state index contributed by atoms with van der Waals surface area (Å²) in [6.07, 6.45) is 2.11. The fraction of sp³-hybridized carbons (Fsp3) is 0.348. The summed E-state index contributed by atoms with van der Waals surface area (Å²) in [5.41, 5.74) is 4.43. The SMILES string of the molecule is CC(C)(C)c1ccc(-n2cc(C[N+](C)(C)C)nc2-c2cccc(O)c2)cc1. The minimum atomic E-state index is 0.121. The van der Waals surface area contributed by atoms with E-state index in [0.717, 1.165) is 33.8 Å². The van der Waals surface area contributed by atoms with E-state index in [2.05, 4.69) is 76.9 Å². The molecule has 0 aliphatic heterocycles. The molecule has 0 atom stereocenters. The van der Waals surface area contributed by atoms with Crippen LogP contribution in [0.15, 0.2) is 54.7 Å². The molecule has 0 saturated carbocycles.